The Morgan fingerprint density at radius 1 is 1.19 bits per heavy atom. The number of benzene rings is 1. The molecule has 0 radical (unpaired) electrons. The van der Waals surface area contributed by atoms with Gasteiger partial charge < -0.3 is 9.64 Å². The van der Waals surface area contributed by atoms with Gasteiger partial charge in [0.25, 0.3) is 0 Å². The van der Waals surface area contributed by atoms with Gasteiger partial charge in [0, 0.05) is 28.5 Å². The second kappa shape index (κ2) is 5.16. The van der Waals surface area contributed by atoms with E-state index in [2.05, 4.69) is 39.0 Å². The largest absolute Gasteiger partial charge is 0.497 e. The zero-order valence-corrected chi connectivity index (χ0v) is 13.7. The van der Waals surface area contributed by atoms with Crippen LogP contribution in [0.2, 0.25) is 0 Å². The van der Waals surface area contributed by atoms with Crippen molar-refractivity contribution in [2.24, 2.45) is 0 Å². The fourth-order valence-electron chi connectivity index (χ4n) is 3.92. The van der Waals surface area contributed by atoms with Crippen molar-refractivity contribution in [1.82, 2.24) is 4.98 Å². The first-order chi connectivity index (χ1) is 10.3. The van der Waals surface area contributed by atoms with Crippen LogP contribution in [0.25, 0.3) is 10.8 Å². The number of halogens is 1. The molecule has 3 nitrogen and oxygen atoms in total. The third kappa shape index (κ3) is 2.20. The van der Waals surface area contributed by atoms with Crippen molar-refractivity contribution in [1.29, 1.82) is 0 Å². The second-order valence-electron chi connectivity index (χ2n) is 6.08. The van der Waals surface area contributed by atoms with E-state index < -0.39 is 0 Å². The van der Waals surface area contributed by atoms with Gasteiger partial charge in [0.2, 0.25) is 0 Å². The molecule has 2 aromatic rings. The standard InChI is InChI=1S/C17H19BrN2O/c1-21-15-5-2-11-6-7-19-17(16(11)10-15)20-13-3-4-14(20)9-12(18)8-13/h2,5-7,10,12-14H,3-4,8-9H2,1H3. The quantitative estimate of drug-likeness (QED) is 0.764. The summed E-state index contributed by atoms with van der Waals surface area (Å²) in [4.78, 5) is 7.96. The number of aromatic nitrogens is 1. The lowest BCUT2D eigenvalue weighted by molar-refractivity contribution is 0.415. The summed E-state index contributed by atoms with van der Waals surface area (Å²) in [5.74, 6) is 2.04. The zero-order chi connectivity index (χ0) is 14.4. The van der Waals surface area contributed by atoms with Crippen molar-refractivity contribution in [3.63, 3.8) is 0 Å². The molecule has 1 aromatic carbocycles. The molecule has 2 aliphatic heterocycles. The third-order valence-electron chi connectivity index (χ3n) is 4.87. The third-order valence-corrected chi connectivity index (χ3v) is 5.62. The molecule has 2 fully saturated rings. The Bertz CT molecular complexity index is 661. The van der Waals surface area contributed by atoms with Gasteiger partial charge in [0.05, 0.1) is 7.11 Å². The van der Waals surface area contributed by atoms with Crippen molar-refractivity contribution in [3.05, 3.63) is 30.5 Å². The molecule has 0 spiro atoms. The van der Waals surface area contributed by atoms with Crippen LogP contribution >= 0.6 is 15.9 Å². The lowest BCUT2D eigenvalue weighted by atomic mass is 10.0. The first-order valence-electron chi connectivity index (χ1n) is 7.61. The van der Waals surface area contributed by atoms with Gasteiger partial charge in [-0.05, 0) is 49.3 Å². The van der Waals surface area contributed by atoms with Gasteiger partial charge in [0.1, 0.15) is 11.6 Å². The van der Waals surface area contributed by atoms with Crippen LogP contribution in [0.5, 0.6) is 5.75 Å². The highest BCUT2D eigenvalue weighted by atomic mass is 79.9. The molecule has 2 saturated heterocycles. The van der Waals surface area contributed by atoms with Gasteiger partial charge in [-0.3, -0.25) is 0 Å². The number of nitrogens with zero attached hydrogens (tertiary/aromatic N) is 2. The number of fused-ring (bicyclic) bond motifs is 3. The van der Waals surface area contributed by atoms with E-state index in [1.807, 2.05) is 12.3 Å². The maximum absolute atomic E-state index is 5.40. The molecule has 2 bridgehead atoms. The van der Waals surface area contributed by atoms with Crippen molar-refractivity contribution in [2.75, 3.05) is 12.0 Å². The molecule has 2 atom stereocenters. The van der Waals surface area contributed by atoms with Gasteiger partial charge >= 0.3 is 0 Å². The molecule has 21 heavy (non-hydrogen) atoms. The molecule has 2 aliphatic rings. The molecular weight excluding hydrogens is 328 g/mol. The molecule has 0 amide bonds. The monoisotopic (exact) mass is 346 g/mol. The molecule has 1 aromatic heterocycles. The fraction of sp³-hybridized carbons (Fsp3) is 0.471. The Kier molecular flexibility index (Phi) is 3.29. The van der Waals surface area contributed by atoms with Crippen molar-refractivity contribution >= 4 is 32.5 Å². The van der Waals surface area contributed by atoms with E-state index in [0.29, 0.717) is 16.9 Å². The summed E-state index contributed by atoms with van der Waals surface area (Å²) in [5.41, 5.74) is 0. The summed E-state index contributed by atoms with van der Waals surface area (Å²) in [7, 11) is 1.72. The topological polar surface area (TPSA) is 25.4 Å². The normalized spacial score (nSPS) is 28.1. The Labute approximate surface area is 133 Å². The summed E-state index contributed by atoms with van der Waals surface area (Å²) >= 11 is 3.81. The molecule has 4 heteroatoms. The van der Waals surface area contributed by atoms with Crippen LogP contribution in [-0.2, 0) is 0 Å². The second-order valence-corrected chi connectivity index (χ2v) is 7.38. The number of methoxy groups -OCH3 is 1. The lowest BCUT2D eigenvalue weighted by Crippen LogP contribution is -2.43. The highest BCUT2D eigenvalue weighted by molar-refractivity contribution is 9.09. The van der Waals surface area contributed by atoms with E-state index in [4.69, 9.17) is 9.72 Å². The molecule has 110 valence electrons. The van der Waals surface area contributed by atoms with Gasteiger partial charge in [-0.2, -0.15) is 0 Å². The predicted octanol–water partition coefficient (Wildman–Crippen LogP) is 4.14. The van der Waals surface area contributed by atoms with E-state index in [1.165, 1.54) is 36.5 Å². The molecule has 0 N–H and O–H groups in total. The van der Waals surface area contributed by atoms with E-state index >= 15 is 0 Å². The zero-order valence-electron chi connectivity index (χ0n) is 12.1. The summed E-state index contributed by atoms with van der Waals surface area (Å²) in [5, 5.41) is 2.45. The summed E-state index contributed by atoms with van der Waals surface area (Å²) in [6, 6.07) is 9.59. The molecule has 4 rings (SSSR count). The number of ether oxygens (including phenoxy) is 1. The number of hydrogen-bond donors (Lipinski definition) is 0. The molecular formula is C17H19BrN2O. The first kappa shape index (κ1) is 13.4. The van der Waals surface area contributed by atoms with Gasteiger partial charge in [-0.1, -0.05) is 22.0 Å². The minimum atomic E-state index is 0.623. The maximum atomic E-state index is 5.40. The van der Waals surface area contributed by atoms with Crippen LogP contribution < -0.4 is 9.64 Å². The summed E-state index contributed by atoms with van der Waals surface area (Å²) in [6.07, 6.45) is 6.95. The molecule has 2 unspecified atom stereocenters. The molecule has 3 heterocycles. The smallest absolute Gasteiger partial charge is 0.137 e. The predicted molar refractivity (Wildman–Crippen MR) is 89.5 cm³/mol. The van der Waals surface area contributed by atoms with Crippen molar-refractivity contribution in [2.45, 2.75) is 42.6 Å². The van der Waals surface area contributed by atoms with E-state index in [9.17, 15) is 0 Å². The molecule has 0 saturated carbocycles. The number of anilines is 1. The van der Waals surface area contributed by atoms with Crippen LogP contribution in [0.1, 0.15) is 25.7 Å². The Balaban J connectivity index is 1.83. The number of piperidine rings is 1. The number of pyridine rings is 1. The summed E-state index contributed by atoms with van der Waals surface area (Å²) in [6.45, 7) is 0. The Morgan fingerprint density at radius 2 is 1.95 bits per heavy atom. The summed E-state index contributed by atoms with van der Waals surface area (Å²) < 4.78 is 5.40. The van der Waals surface area contributed by atoms with Gasteiger partial charge in [-0.25, -0.2) is 4.98 Å². The van der Waals surface area contributed by atoms with Crippen molar-refractivity contribution in [3.8, 4) is 5.75 Å². The number of alkyl halides is 1. The number of hydrogen-bond acceptors (Lipinski definition) is 3. The number of rotatable bonds is 2. The lowest BCUT2D eigenvalue weighted by Gasteiger charge is -2.38. The average Bonchev–Trinajstić information content (AvgIpc) is 2.77. The van der Waals surface area contributed by atoms with E-state index in [1.54, 1.807) is 7.11 Å². The maximum Gasteiger partial charge on any atom is 0.137 e. The van der Waals surface area contributed by atoms with Gasteiger partial charge in [0.15, 0.2) is 0 Å². The van der Waals surface area contributed by atoms with E-state index in [-0.39, 0.29) is 0 Å². The van der Waals surface area contributed by atoms with E-state index in [0.717, 1.165) is 11.6 Å². The minimum Gasteiger partial charge on any atom is -0.497 e. The van der Waals surface area contributed by atoms with Crippen LogP contribution in [0, 0.1) is 0 Å². The fourth-order valence-corrected chi connectivity index (χ4v) is 4.78. The highest BCUT2D eigenvalue weighted by Crippen LogP contribution is 2.43. The average molecular weight is 347 g/mol. The van der Waals surface area contributed by atoms with Gasteiger partial charge in [-0.15, -0.1) is 0 Å². The minimum absolute atomic E-state index is 0.623. The van der Waals surface area contributed by atoms with Crippen LogP contribution in [0.3, 0.4) is 0 Å². The first-order valence-corrected chi connectivity index (χ1v) is 8.53. The van der Waals surface area contributed by atoms with Crippen LogP contribution in [-0.4, -0.2) is 29.0 Å². The molecule has 0 aliphatic carbocycles. The van der Waals surface area contributed by atoms with Crippen LogP contribution in [0.15, 0.2) is 30.5 Å². The Hall–Kier alpha value is -1.29. The van der Waals surface area contributed by atoms with Crippen molar-refractivity contribution < 1.29 is 4.74 Å². The van der Waals surface area contributed by atoms with Crippen LogP contribution in [0.4, 0.5) is 5.82 Å². The highest BCUT2D eigenvalue weighted by Gasteiger charge is 2.41. The Morgan fingerprint density at radius 3 is 2.67 bits per heavy atom. The SMILES string of the molecule is COc1ccc2ccnc(N3C4CCC3CC(Br)C4)c2c1.